The molecule has 0 unspecified atom stereocenters. The van der Waals surface area contributed by atoms with E-state index in [2.05, 4.69) is 5.32 Å². The van der Waals surface area contributed by atoms with Crippen molar-refractivity contribution in [1.29, 1.82) is 0 Å². The molecule has 0 aromatic heterocycles. The van der Waals surface area contributed by atoms with Crippen molar-refractivity contribution in [2.45, 2.75) is 51.4 Å². The van der Waals surface area contributed by atoms with Crippen LogP contribution in [0.4, 0.5) is 0 Å². The fourth-order valence-corrected chi connectivity index (χ4v) is 5.00. The summed E-state index contributed by atoms with van der Waals surface area (Å²) in [5, 5.41) is 13.7. The second-order valence-electron chi connectivity index (χ2n) is 8.17. The van der Waals surface area contributed by atoms with Crippen molar-refractivity contribution in [2.24, 2.45) is 0 Å². The van der Waals surface area contributed by atoms with Gasteiger partial charge in [-0.05, 0) is 56.7 Å². The van der Waals surface area contributed by atoms with Gasteiger partial charge in [-0.2, -0.15) is 0 Å². The van der Waals surface area contributed by atoms with Crippen LogP contribution in [-0.4, -0.2) is 41.9 Å². The lowest BCUT2D eigenvalue weighted by molar-refractivity contribution is -0.128. The molecule has 1 aliphatic carbocycles. The number of aromatic hydroxyl groups is 1. The van der Waals surface area contributed by atoms with E-state index in [1.165, 1.54) is 7.11 Å². The number of Topliss-reactive ketones (excluding diaryl/α,β-unsaturated/α-hetero) is 1. The van der Waals surface area contributed by atoms with E-state index in [-0.39, 0.29) is 28.2 Å². The van der Waals surface area contributed by atoms with Gasteiger partial charge in [-0.1, -0.05) is 11.6 Å². The van der Waals surface area contributed by atoms with E-state index in [1.807, 2.05) is 11.8 Å². The van der Waals surface area contributed by atoms with Crippen LogP contribution in [0.1, 0.15) is 56.9 Å². The predicted octanol–water partition coefficient (Wildman–Crippen LogP) is 4.03. The van der Waals surface area contributed by atoms with Gasteiger partial charge < -0.3 is 20.1 Å². The maximum Gasteiger partial charge on any atom is 0.252 e. The zero-order valence-electron chi connectivity index (χ0n) is 17.4. The largest absolute Gasteiger partial charge is 0.503 e. The maximum atomic E-state index is 13.6. The Morgan fingerprint density at radius 1 is 1.20 bits per heavy atom. The molecule has 0 spiro atoms. The summed E-state index contributed by atoms with van der Waals surface area (Å²) in [5.41, 5.74) is 3.55. The molecule has 1 atom stereocenters. The van der Waals surface area contributed by atoms with Crippen LogP contribution >= 0.6 is 11.6 Å². The third-order valence-electron chi connectivity index (χ3n) is 6.25. The van der Waals surface area contributed by atoms with E-state index in [9.17, 15) is 14.7 Å². The molecule has 30 heavy (non-hydrogen) atoms. The first kappa shape index (κ1) is 20.8. The number of nitrogens with one attached hydrogen (secondary N) is 1. The average Bonchev–Trinajstić information content (AvgIpc) is 2.75. The summed E-state index contributed by atoms with van der Waals surface area (Å²) in [5.74, 6) is -0.448. The predicted molar refractivity (Wildman–Crippen MR) is 115 cm³/mol. The summed E-state index contributed by atoms with van der Waals surface area (Å²) in [4.78, 5) is 28.5. The highest BCUT2D eigenvalue weighted by Gasteiger charge is 2.40. The highest BCUT2D eigenvalue weighted by Crippen LogP contribution is 2.46. The zero-order valence-corrected chi connectivity index (χ0v) is 18.1. The van der Waals surface area contributed by atoms with Crippen LogP contribution in [0.2, 0.25) is 5.02 Å². The Morgan fingerprint density at radius 2 is 1.93 bits per heavy atom. The number of ether oxygens (including phenoxy) is 1. The lowest BCUT2D eigenvalue weighted by Crippen LogP contribution is -2.42. The van der Waals surface area contributed by atoms with Crippen LogP contribution in [-0.2, 0) is 9.59 Å². The SMILES string of the molecule is COc1cc([C@H]2C(C(=O)N3CCCCC3)=C(C)NC3=C2C(=O)CCC3)cc(Cl)c1O. The van der Waals surface area contributed by atoms with Crippen molar-refractivity contribution in [3.05, 3.63) is 45.3 Å². The van der Waals surface area contributed by atoms with Crippen molar-refractivity contribution in [3.8, 4) is 11.5 Å². The molecule has 3 aliphatic rings. The molecule has 1 aromatic rings. The molecule has 4 rings (SSSR count). The van der Waals surface area contributed by atoms with Crippen LogP contribution in [0, 0.1) is 0 Å². The number of nitrogens with zero attached hydrogens (tertiary/aromatic N) is 1. The highest BCUT2D eigenvalue weighted by atomic mass is 35.5. The van der Waals surface area contributed by atoms with Gasteiger partial charge in [0.1, 0.15) is 0 Å². The van der Waals surface area contributed by atoms with Gasteiger partial charge in [0.05, 0.1) is 12.1 Å². The number of piperidine rings is 1. The second kappa shape index (κ2) is 8.34. The average molecular weight is 431 g/mol. The highest BCUT2D eigenvalue weighted by molar-refractivity contribution is 6.32. The topological polar surface area (TPSA) is 78.9 Å². The summed E-state index contributed by atoms with van der Waals surface area (Å²) in [6, 6.07) is 3.32. The molecular formula is C23H27ClN2O4. The number of amides is 1. The van der Waals surface area contributed by atoms with Gasteiger partial charge in [0.15, 0.2) is 17.3 Å². The monoisotopic (exact) mass is 430 g/mol. The summed E-state index contributed by atoms with van der Waals surface area (Å²) in [6.45, 7) is 3.34. The fourth-order valence-electron chi connectivity index (χ4n) is 4.78. The Labute approximate surface area is 181 Å². The number of rotatable bonds is 3. The van der Waals surface area contributed by atoms with Crippen LogP contribution in [0.25, 0.3) is 0 Å². The Hall–Kier alpha value is -2.47. The normalized spacial score (nSPS) is 22.0. The molecule has 2 heterocycles. The first-order chi connectivity index (χ1) is 14.4. The lowest BCUT2D eigenvalue weighted by atomic mass is 9.74. The number of likely N-dealkylation sites (tertiary alicyclic amines) is 1. The minimum atomic E-state index is -0.532. The van der Waals surface area contributed by atoms with Crippen molar-refractivity contribution in [3.63, 3.8) is 0 Å². The summed E-state index contributed by atoms with van der Waals surface area (Å²) in [6.07, 6.45) is 5.12. The minimum Gasteiger partial charge on any atom is -0.503 e. The van der Waals surface area contributed by atoms with E-state index in [0.717, 1.165) is 56.6 Å². The molecule has 1 fully saturated rings. The molecule has 160 valence electrons. The van der Waals surface area contributed by atoms with Gasteiger partial charge in [-0.25, -0.2) is 0 Å². The first-order valence-electron chi connectivity index (χ1n) is 10.5. The number of allylic oxidation sites excluding steroid dienone is 3. The van der Waals surface area contributed by atoms with Gasteiger partial charge in [0.2, 0.25) is 0 Å². The number of methoxy groups -OCH3 is 1. The van der Waals surface area contributed by atoms with Gasteiger partial charge in [-0.3, -0.25) is 9.59 Å². The van der Waals surface area contributed by atoms with E-state index in [4.69, 9.17) is 16.3 Å². The number of carbonyl (C=O) groups excluding carboxylic acids is 2. The number of halogens is 1. The standard InChI is InChI=1S/C23H27ClN2O4/c1-13-19(23(29)26-9-4-3-5-10-26)20(21-16(25-13)7-6-8-17(21)27)14-11-15(24)22(28)18(12-14)30-2/h11-12,20,25,28H,3-10H2,1-2H3/t20-/m0/s1. The second-order valence-corrected chi connectivity index (χ2v) is 8.58. The molecule has 2 aliphatic heterocycles. The van der Waals surface area contributed by atoms with Crippen LogP contribution in [0.5, 0.6) is 11.5 Å². The minimum absolute atomic E-state index is 0.0437. The number of carbonyl (C=O) groups is 2. The summed E-state index contributed by atoms with van der Waals surface area (Å²) < 4.78 is 5.30. The Balaban J connectivity index is 1.87. The molecular weight excluding hydrogens is 404 g/mol. The van der Waals surface area contributed by atoms with Gasteiger partial charge in [0.25, 0.3) is 5.91 Å². The van der Waals surface area contributed by atoms with Crippen LogP contribution in [0.15, 0.2) is 34.7 Å². The molecule has 1 aromatic carbocycles. The van der Waals surface area contributed by atoms with Crippen molar-refractivity contribution >= 4 is 23.3 Å². The van der Waals surface area contributed by atoms with Gasteiger partial charge in [-0.15, -0.1) is 0 Å². The smallest absolute Gasteiger partial charge is 0.252 e. The Morgan fingerprint density at radius 3 is 2.63 bits per heavy atom. The molecule has 2 N–H and O–H groups in total. The first-order valence-corrected chi connectivity index (χ1v) is 10.9. The quantitative estimate of drug-likeness (QED) is 0.756. The Bertz CT molecular complexity index is 960. The number of ketones is 1. The van der Waals surface area contributed by atoms with Crippen molar-refractivity contribution in [1.82, 2.24) is 10.2 Å². The summed E-state index contributed by atoms with van der Waals surface area (Å²) in [7, 11) is 1.45. The van der Waals surface area contributed by atoms with E-state index >= 15 is 0 Å². The molecule has 0 saturated carbocycles. The lowest BCUT2D eigenvalue weighted by Gasteiger charge is -2.37. The zero-order chi connectivity index (χ0) is 21.4. The molecule has 1 amide bonds. The number of phenols is 1. The number of hydrogen-bond donors (Lipinski definition) is 2. The van der Waals surface area contributed by atoms with Gasteiger partial charge >= 0.3 is 0 Å². The molecule has 1 saturated heterocycles. The van der Waals surface area contributed by atoms with Crippen molar-refractivity contribution < 1.29 is 19.4 Å². The molecule has 0 radical (unpaired) electrons. The van der Waals surface area contributed by atoms with Crippen molar-refractivity contribution in [2.75, 3.05) is 20.2 Å². The third-order valence-corrected chi connectivity index (χ3v) is 6.54. The molecule has 6 nitrogen and oxygen atoms in total. The van der Waals surface area contributed by atoms with Crippen LogP contribution < -0.4 is 10.1 Å². The van der Waals surface area contributed by atoms with E-state index in [1.54, 1.807) is 12.1 Å². The maximum absolute atomic E-state index is 13.6. The van der Waals surface area contributed by atoms with E-state index in [0.29, 0.717) is 23.1 Å². The fraction of sp³-hybridized carbons (Fsp3) is 0.478. The molecule has 7 heteroatoms. The van der Waals surface area contributed by atoms with E-state index < -0.39 is 5.92 Å². The number of benzene rings is 1. The number of phenolic OH excluding ortho intramolecular Hbond substituents is 1. The van der Waals surface area contributed by atoms with Gasteiger partial charge in [0, 0.05) is 48.0 Å². The third kappa shape index (κ3) is 3.58. The Kier molecular flexibility index (Phi) is 5.78. The molecule has 0 bridgehead atoms. The van der Waals surface area contributed by atoms with Crippen LogP contribution in [0.3, 0.4) is 0 Å². The number of dihydropyridines is 1. The summed E-state index contributed by atoms with van der Waals surface area (Å²) >= 11 is 6.28. The number of hydrogen-bond acceptors (Lipinski definition) is 5.